The van der Waals surface area contributed by atoms with E-state index >= 15 is 0 Å². The number of carbonyl (C=O) groups is 7. The molecule has 2 aliphatic rings. The highest BCUT2D eigenvalue weighted by Gasteiger charge is 2.45. The highest BCUT2D eigenvalue weighted by Crippen LogP contribution is 2.32. The molecule has 6 rings (SSSR count). The highest BCUT2D eigenvalue weighted by atomic mass is 16.5. The van der Waals surface area contributed by atoms with E-state index in [9.17, 15) is 38.7 Å². The summed E-state index contributed by atoms with van der Waals surface area (Å²) in [6.45, 7) is 1.65. The van der Waals surface area contributed by atoms with Gasteiger partial charge in [0.05, 0.1) is 56.0 Å². The van der Waals surface area contributed by atoms with Gasteiger partial charge in [-0.05, 0) is 49.2 Å². The second-order valence-electron chi connectivity index (χ2n) is 14.0. The van der Waals surface area contributed by atoms with E-state index in [2.05, 4.69) is 41.2 Å². The standard InChI is InChI=1S/C39H44N12O10/c1-50(20-22-19-44-33-31(45-22)32(40)48-39(41)49-33)23-7-5-21(6-8-23)34(54)46-26(38(58)59)9-11-28(52)43-14-16-61-18-17-60-15-13-42-25-4-2-3-24-30(25)37(57)51(36(24)56)27-10-12-29(53)47-35(27)55/h2-8,19,26-27,42H,9-18,20H2,1H3,(H,43,52)(H,46,54)(H,58,59)(H,47,53,55)(H4,40,41,44,48,49)/t26-,27?/m0/s1. The number of hydrogen-bond donors (Lipinski definition) is 7. The molecule has 0 spiro atoms. The predicted molar refractivity (Wildman–Crippen MR) is 217 cm³/mol. The predicted octanol–water partition coefficient (Wildman–Crippen LogP) is -0.153. The Morgan fingerprint density at radius 1 is 0.967 bits per heavy atom. The summed E-state index contributed by atoms with van der Waals surface area (Å²) in [5.41, 5.74) is 14.4. The maximum absolute atomic E-state index is 13.2. The molecule has 0 aliphatic carbocycles. The van der Waals surface area contributed by atoms with Gasteiger partial charge in [0.1, 0.15) is 12.1 Å². The van der Waals surface area contributed by atoms with Gasteiger partial charge in [0.25, 0.3) is 17.7 Å². The summed E-state index contributed by atoms with van der Waals surface area (Å²) in [5.74, 6) is -4.54. The first-order valence-electron chi connectivity index (χ1n) is 19.2. The number of piperidine rings is 1. The number of nitrogens with two attached hydrogens (primary N) is 2. The number of fused-ring (bicyclic) bond motifs is 2. The number of nitrogen functional groups attached to an aromatic ring is 2. The normalized spacial score (nSPS) is 15.3. The lowest BCUT2D eigenvalue weighted by molar-refractivity contribution is -0.140. The number of imide groups is 2. The van der Waals surface area contributed by atoms with Crippen LogP contribution in [-0.4, -0.2) is 130 Å². The largest absolute Gasteiger partial charge is 0.480 e. The summed E-state index contributed by atoms with van der Waals surface area (Å²) in [6, 6.07) is 8.92. The number of nitrogens with one attached hydrogen (secondary N) is 4. The van der Waals surface area contributed by atoms with E-state index in [1.807, 2.05) is 11.9 Å². The van der Waals surface area contributed by atoms with Gasteiger partial charge in [-0.25, -0.2) is 14.8 Å². The van der Waals surface area contributed by atoms with Gasteiger partial charge in [0.15, 0.2) is 17.0 Å². The van der Waals surface area contributed by atoms with Crippen LogP contribution in [0.25, 0.3) is 11.2 Å². The molecule has 9 N–H and O–H groups in total. The Balaban J connectivity index is 0.839. The number of nitrogens with zero attached hydrogens (tertiary/aromatic N) is 6. The Bertz CT molecular complexity index is 2340. The third-order valence-electron chi connectivity index (χ3n) is 9.70. The number of amides is 6. The number of hydrogen-bond acceptors (Lipinski definition) is 17. The van der Waals surface area contributed by atoms with E-state index in [0.29, 0.717) is 30.0 Å². The van der Waals surface area contributed by atoms with Crippen LogP contribution in [0.4, 0.5) is 23.1 Å². The highest BCUT2D eigenvalue weighted by molar-refractivity contribution is 6.25. The second-order valence-corrected chi connectivity index (χ2v) is 14.0. The number of anilines is 4. The van der Waals surface area contributed by atoms with Crippen molar-refractivity contribution in [1.82, 2.24) is 40.8 Å². The van der Waals surface area contributed by atoms with Crippen molar-refractivity contribution in [1.29, 1.82) is 0 Å². The van der Waals surface area contributed by atoms with Crippen molar-refractivity contribution < 1.29 is 48.1 Å². The molecule has 4 aromatic rings. The van der Waals surface area contributed by atoms with Crippen LogP contribution >= 0.6 is 0 Å². The Hall–Kier alpha value is -7.33. The van der Waals surface area contributed by atoms with Gasteiger partial charge in [0, 0.05) is 49.9 Å². The Labute approximate surface area is 347 Å². The molecule has 2 aromatic carbocycles. The van der Waals surface area contributed by atoms with Crippen LogP contribution in [0, 0.1) is 0 Å². The van der Waals surface area contributed by atoms with E-state index in [4.69, 9.17) is 20.9 Å². The van der Waals surface area contributed by atoms with E-state index < -0.39 is 53.5 Å². The first-order chi connectivity index (χ1) is 29.3. The second kappa shape index (κ2) is 19.6. The molecule has 2 atom stereocenters. The molecule has 2 aliphatic heterocycles. The van der Waals surface area contributed by atoms with Crippen LogP contribution in [0.15, 0.2) is 48.7 Å². The molecule has 4 heterocycles. The third-order valence-corrected chi connectivity index (χ3v) is 9.70. The number of ether oxygens (including phenoxy) is 2. The van der Waals surface area contributed by atoms with E-state index in [-0.39, 0.29) is 92.8 Å². The number of carboxylic acid groups (broad SMARTS) is 1. The van der Waals surface area contributed by atoms with Gasteiger partial charge >= 0.3 is 5.97 Å². The van der Waals surface area contributed by atoms with Crippen LogP contribution in [0.1, 0.15) is 62.5 Å². The number of aromatic nitrogens is 4. The molecule has 1 saturated heterocycles. The van der Waals surface area contributed by atoms with Crippen molar-refractivity contribution >= 4 is 75.7 Å². The lowest BCUT2D eigenvalue weighted by atomic mass is 10.0. The monoisotopic (exact) mass is 840 g/mol. The fraction of sp³-hybridized carbons (Fsp3) is 0.359. The van der Waals surface area contributed by atoms with Crippen molar-refractivity contribution in [3.05, 3.63) is 71.0 Å². The minimum Gasteiger partial charge on any atom is -0.480 e. The Kier molecular flexibility index (Phi) is 13.9. The maximum atomic E-state index is 13.2. The van der Waals surface area contributed by atoms with Crippen LogP contribution in [0.5, 0.6) is 0 Å². The first kappa shape index (κ1) is 43.3. The maximum Gasteiger partial charge on any atom is 0.326 e. The molecule has 6 amide bonds. The van der Waals surface area contributed by atoms with Crippen molar-refractivity contribution in [2.45, 2.75) is 44.3 Å². The van der Waals surface area contributed by atoms with Crippen LogP contribution in [0.3, 0.4) is 0 Å². The Morgan fingerprint density at radius 3 is 2.43 bits per heavy atom. The number of carboxylic acids is 1. The van der Waals surface area contributed by atoms with Crippen molar-refractivity contribution in [3.63, 3.8) is 0 Å². The minimum atomic E-state index is -1.31. The van der Waals surface area contributed by atoms with Gasteiger partial charge in [-0.3, -0.25) is 39.0 Å². The molecule has 1 unspecified atom stereocenters. The zero-order valence-electron chi connectivity index (χ0n) is 33.0. The van der Waals surface area contributed by atoms with Gasteiger partial charge in [0.2, 0.25) is 23.7 Å². The fourth-order valence-electron chi connectivity index (χ4n) is 6.63. The molecule has 1 fully saturated rings. The fourth-order valence-corrected chi connectivity index (χ4v) is 6.63. The molecular weight excluding hydrogens is 797 g/mol. The molecule has 2 aromatic heterocycles. The summed E-state index contributed by atoms with van der Waals surface area (Å²) in [4.78, 5) is 107. The molecular formula is C39H44N12O10. The van der Waals surface area contributed by atoms with Crippen molar-refractivity contribution in [3.8, 4) is 0 Å². The van der Waals surface area contributed by atoms with Crippen LogP contribution < -0.4 is 37.6 Å². The summed E-state index contributed by atoms with van der Waals surface area (Å²) in [6.07, 6.45) is 1.34. The van der Waals surface area contributed by atoms with Gasteiger partial charge < -0.3 is 46.9 Å². The average Bonchev–Trinajstić information content (AvgIpc) is 3.48. The summed E-state index contributed by atoms with van der Waals surface area (Å²) in [7, 11) is 1.82. The molecule has 22 heteroatoms. The SMILES string of the molecule is CN(Cc1cnc2nc(N)nc(N)c2n1)c1ccc(C(=O)N[C@@H](CCC(=O)NCCOCCOCCNc2cccc3c2C(=O)N(C2CCC(=O)NC2=O)C3=O)C(=O)O)cc1. The van der Waals surface area contributed by atoms with Crippen LogP contribution in [0.2, 0.25) is 0 Å². The molecule has 0 bridgehead atoms. The molecule has 61 heavy (non-hydrogen) atoms. The lowest BCUT2D eigenvalue weighted by Gasteiger charge is -2.27. The Morgan fingerprint density at radius 2 is 1.70 bits per heavy atom. The average molecular weight is 841 g/mol. The quantitative estimate of drug-likeness (QED) is 0.0449. The van der Waals surface area contributed by atoms with Gasteiger partial charge in [-0.1, -0.05) is 6.07 Å². The van der Waals surface area contributed by atoms with Crippen LogP contribution in [-0.2, 0) is 35.2 Å². The topological polar surface area (TPSA) is 316 Å². The summed E-state index contributed by atoms with van der Waals surface area (Å²) < 4.78 is 11.1. The lowest BCUT2D eigenvalue weighted by Crippen LogP contribution is -2.54. The van der Waals surface area contributed by atoms with Gasteiger partial charge in [-0.15, -0.1) is 0 Å². The minimum absolute atomic E-state index is 0.00228. The summed E-state index contributed by atoms with van der Waals surface area (Å²) in [5, 5.41) is 20.1. The van der Waals surface area contributed by atoms with Crippen molar-refractivity contribution in [2.75, 3.05) is 68.2 Å². The van der Waals surface area contributed by atoms with E-state index in [1.54, 1.807) is 42.6 Å². The number of rotatable bonds is 20. The van der Waals surface area contributed by atoms with E-state index in [1.165, 1.54) is 6.07 Å². The van der Waals surface area contributed by atoms with Crippen molar-refractivity contribution in [2.24, 2.45) is 0 Å². The molecule has 0 radical (unpaired) electrons. The smallest absolute Gasteiger partial charge is 0.326 e. The van der Waals surface area contributed by atoms with E-state index in [0.717, 1.165) is 10.6 Å². The summed E-state index contributed by atoms with van der Waals surface area (Å²) >= 11 is 0. The third kappa shape index (κ3) is 10.7. The number of aliphatic carboxylic acids is 1. The molecule has 22 nitrogen and oxygen atoms in total. The number of benzene rings is 2. The zero-order chi connectivity index (χ0) is 43.6. The zero-order valence-corrected chi connectivity index (χ0v) is 33.0. The van der Waals surface area contributed by atoms with Gasteiger partial charge in [-0.2, -0.15) is 9.97 Å². The number of carbonyl (C=O) groups excluding carboxylic acids is 6. The molecule has 0 saturated carbocycles. The molecule has 320 valence electrons. The first-order valence-corrected chi connectivity index (χ1v) is 19.2.